The summed E-state index contributed by atoms with van der Waals surface area (Å²) in [5.74, 6) is 1.85. The van der Waals surface area contributed by atoms with E-state index >= 15 is 0 Å². The molecule has 0 saturated heterocycles. The van der Waals surface area contributed by atoms with Crippen LogP contribution >= 0.6 is 0 Å². The zero-order chi connectivity index (χ0) is 30.6. The molecule has 9 heteroatoms. The monoisotopic (exact) mass is 590 g/mol. The number of para-hydroxylation sites is 3. The number of rotatable bonds is 4. The zero-order valence-corrected chi connectivity index (χ0v) is 24.3. The average Bonchev–Trinajstić information content (AvgIpc) is 3.36. The Hall–Kier alpha value is -5.18. The quantitative estimate of drug-likeness (QED) is 0.227. The van der Waals surface area contributed by atoms with Gasteiger partial charge in [-0.05, 0) is 66.4 Å². The molecule has 0 fully saturated rings. The SMILES string of the molecule is Cc1nn(-c2ccccc2)c2c1C(c1ccc(C(C)C)cc1)N1C(=N2)C(Nc2cccc(C(F)(F)F)c2)=Nc2ccccc21. The highest BCUT2D eigenvalue weighted by molar-refractivity contribution is 6.51. The summed E-state index contributed by atoms with van der Waals surface area (Å²) in [6.07, 6.45) is -4.48. The fourth-order valence-corrected chi connectivity index (χ4v) is 5.84. The predicted octanol–water partition coefficient (Wildman–Crippen LogP) is 9.12. The van der Waals surface area contributed by atoms with E-state index in [4.69, 9.17) is 15.1 Å². The van der Waals surface area contributed by atoms with E-state index < -0.39 is 11.7 Å². The lowest BCUT2D eigenvalue weighted by Crippen LogP contribution is -2.46. The van der Waals surface area contributed by atoms with Gasteiger partial charge in [0.25, 0.3) is 0 Å². The van der Waals surface area contributed by atoms with Gasteiger partial charge in [-0.1, -0.05) is 74.5 Å². The van der Waals surface area contributed by atoms with Gasteiger partial charge in [0.15, 0.2) is 17.5 Å². The van der Waals surface area contributed by atoms with Crippen molar-refractivity contribution in [3.05, 3.63) is 131 Å². The maximum atomic E-state index is 13.6. The molecule has 7 rings (SSSR count). The number of halogens is 3. The highest BCUT2D eigenvalue weighted by Gasteiger charge is 2.41. The van der Waals surface area contributed by atoms with Gasteiger partial charge in [-0.15, -0.1) is 0 Å². The van der Waals surface area contributed by atoms with Crippen molar-refractivity contribution >= 4 is 34.6 Å². The van der Waals surface area contributed by atoms with E-state index in [0.717, 1.165) is 40.3 Å². The molecular formula is C35H29F3N6. The summed E-state index contributed by atoms with van der Waals surface area (Å²) in [6.45, 7) is 6.31. The molecule has 0 radical (unpaired) electrons. The van der Waals surface area contributed by atoms with E-state index in [1.165, 1.54) is 11.6 Å². The highest BCUT2D eigenvalue weighted by Crippen LogP contribution is 2.48. The van der Waals surface area contributed by atoms with Crippen LogP contribution in [0.4, 0.5) is 36.1 Å². The molecule has 1 aromatic heterocycles. The van der Waals surface area contributed by atoms with Crippen molar-refractivity contribution in [3.8, 4) is 5.69 Å². The van der Waals surface area contributed by atoms with Gasteiger partial charge >= 0.3 is 6.18 Å². The molecule has 0 bridgehead atoms. The maximum Gasteiger partial charge on any atom is 0.416 e. The van der Waals surface area contributed by atoms with Gasteiger partial charge in [-0.3, -0.25) is 0 Å². The molecule has 4 aromatic carbocycles. The molecule has 44 heavy (non-hydrogen) atoms. The van der Waals surface area contributed by atoms with Crippen molar-refractivity contribution in [1.29, 1.82) is 0 Å². The van der Waals surface area contributed by atoms with Gasteiger partial charge in [0.2, 0.25) is 0 Å². The van der Waals surface area contributed by atoms with E-state index in [1.54, 1.807) is 6.07 Å². The summed E-state index contributed by atoms with van der Waals surface area (Å²) in [6, 6.07) is 30.9. The van der Waals surface area contributed by atoms with Crippen molar-refractivity contribution in [3.63, 3.8) is 0 Å². The minimum Gasteiger partial charge on any atom is -0.337 e. The van der Waals surface area contributed by atoms with Crippen molar-refractivity contribution in [2.24, 2.45) is 9.98 Å². The number of hydrogen-bond donors (Lipinski definition) is 1. The van der Waals surface area contributed by atoms with Gasteiger partial charge in [-0.2, -0.15) is 18.3 Å². The summed E-state index contributed by atoms with van der Waals surface area (Å²) in [5, 5.41) is 8.12. The molecule has 6 nitrogen and oxygen atoms in total. The Morgan fingerprint density at radius 1 is 0.818 bits per heavy atom. The average molecular weight is 591 g/mol. The molecule has 1 unspecified atom stereocenters. The Kier molecular flexibility index (Phi) is 6.61. The number of hydrogen-bond acceptors (Lipinski definition) is 5. The third kappa shape index (κ3) is 4.74. The molecule has 0 saturated carbocycles. The smallest absolute Gasteiger partial charge is 0.337 e. The lowest BCUT2D eigenvalue weighted by atomic mass is 9.91. The minimum absolute atomic E-state index is 0.261. The minimum atomic E-state index is -4.48. The molecule has 3 heterocycles. The molecule has 1 atom stereocenters. The van der Waals surface area contributed by atoms with E-state index in [0.29, 0.717) is 29.1 Å². The molecule has 5 aromatic rings. The molecule has 0 aliphatic carbocycles. The van der Waals surface area contributed by atoms with Crippen LogP contribution in [0.5, 0.6) is 0 Å². The Morgan fingerprint density at radius 2 is 1.55 bits per heavy atom. The molecule has 0 amide bonds. The number of aliphatic imine (C=N–C) groups is 2. The fraction of sp³-hybridized carbons (Fsp3) is 0.171. The number of amidine groups is 2. The van der Waals surface area contributed by atoms with Crippen molar-refractivity contribution in [2.45, 2.75) is 38.9 Å². The predicted molar refractivity (Wildman–Crippen MR) is 169 cm³/mol. The Bertz CT molecular complexity index is 1920. The second-order valence-corrected chi connectivity index (χ2v) is 11.3. The van der Waals surface area contributed by atoms with Crippen LogP contribution in [0.3, 0.4) is 0 Å². The molecule has 1 N–H and O–H groups in total. The van der Waals surface area contributed by atoms with Crippen LogP contribution in [0.15, 0.2) is 113 Å². The van der Waals surface area contributed by atoms with Crippen LogP contribution in [-0.2, 0) is 6.18 Å². The normalized spacial score (nSPS) is 15.7. The largest absolute Gasteiger partial charge is 0.416 e. The molecule has 0 spiro atoms. The van der Waals surface area contributed by atoms with E-state index in [1.807, 2.05) is 66.2 Å². The van der Waals surface area contributed by atoms with Gasteiger partial charge in [-0.25, -0.2) is 14.7 Å². The lowest BCUT2D eigenvalue weighted by Gasteiger charge is -2.40. The molecule has 220 valence electrons. The number of anilines is 2. The fourth-order valence-electron chi connectivity index (χ4n) is 5.84. The van der Waals surface area contributed by atoms with Gasteiger partial charge in [0.1, 0.15) is 0 Å². The van der Waals surface area contributed by atoms with E-state index in [-0.39, 0.29) is 11.7 Å². The number of aryl methyl sites for hydroxylation is 1. The third-order valence-corrected chi connectivity index (χ3v) is 8.01. The lowest BCUT2D eigenvalue weighted by molar-refractivity contribution is -0.137. The van der Waals surface area contributed by atoms with Crippen LogP contribution in [0, 0.1) is 6.92 Å². The first-order valence-electron chi connectivity index (χ1n) is 14.4. The van der Waals surface area contributed by atoms with Crippen molar-refractivity contribution in [1.82, 2.24) is 9.78 Å². The Labute approximate surface area is 253 Å². The van der Waals surface area contributed by atoms with Gasteiger partial charge in [0, 0.05) is 11.3 Å². The van der Waals surface area contributed by atoms with Crippen molar-refractivity contribution in [2.75, 3.05) is 10.2 Å². The van der Waals surface area contributed by atoms with E-state index in [9.17, 15) is 13.2 Å². The summed E-state index contributed by atoms with van der Waals surface area (Å²) in [4.78, 5) is 12.2. The van der Waals surface area contributed by atoms with Gasteiger partial charge in [0.05, 0.1) is 34.4 Å². The standard InChI is InChI=1S/C35H29F3N6/c1-21(2)23-16-18-24(19-17-23)31-30-22(3)42-44(27-12-5-4-6-13-27)33(30)41-34-32(40-28-14-7-8-15-29(28)43(31)34)39-26-11-9-10-25(20-26)35(36,37)38/h4-21,31H,1-3H3,(H,39,40). The van der Waals surface area contributed by atoms with Crippen molar-refractivity contribution < 1.29 is 13.2 Å². The summed E-state index contributed by atoms with van der Waals surface area (Å²) >= 11 is 0. The van der Waals surface area contributed by atoms with Crippen LogP contribution in [0.2, 0.25) is 0 Å². The number of fused-ring (bicyclic) bond motifs is 4. The third-order valence-electron chi connectivity index (χ3n) is 8.01. The van der Waals surface area contributed by atoms with Crippen LogP contribution in [0.25, 0.3) is 5.69 Å². The highest BCUT2D eigenvalue weighted by atomic mass is 19.4. The summed E-state index contributed by atoms with van der Waals surface area (Å²) in [5.41, 5.74) is 5.93. The van der Waals surface area contributed by atoms with Crippen LogP contribution in [0.1, 0.15) is 53.8 Å². The first kappa shape index (κ1) is 27.6. The number of alkyl halides is 3. The first-order chi connectivity index (χ1) is 21.2. The molecule has 2 aliphatic rings. The Morgan fingerprint density at radius 3 is 2.27 bits per heavy atom. The second kappa shape index (κ2) is 10.5. The topological polar surface area (TPSA) is 57.8 Å². The zero-order valence-electron chi connectivity index (χ0n) is 24.3. The van der Waals surface area contributed by atoms with Crippen LogP contribution in [-0.4, -0.2) is 21.5 Å². The van der Waals surface area contributed by atoms with Gasteiger partial charge < -0.3 is 10.2 Å². The summed E-state index contributed by atoms with van der Waals surface area (Å²) in [7, 11) is 0. The second-order valence-electron chi connectivity index (χ2n) is 11.3. The molecular weight excluding hydrogens is 561 g/mol. The Balaban J connectivity index is 1.46. The number of aromatic nitrogens is 2. The number of nitrogens with zero attached hydrogens (tertiary/aromatic N) is 5. The maximum absolute atomic E-state index is 13.6. The first-order valence-corrected chi connectivity index (χ1v) is 14.4. The number of nitrogens with one attached hydrogen (secondary N) is 1. The molecule has 2 aliphatic heterocycles. The van der Waals surface area contributed by atoms with Crippen LogP contribution < -0.4 is 10.2 Å². The number of benzene rings is 4. The van der Waals surface area contributed by atoms with E-state index in [2.05, 4.69) is 48.3 Å². The summed E-state index contributed by atoms with van der Waals surface area (Å²) < 4.78 is 42.6.